The van der Waals surface area contributed by atoms with Gasteiger partial charge in [0.2, 0.25) is 0 Å². The third kappa shape index (κ3) is 4.31. The summed E-state index contributed by atoms with van der Waals surface area (Å²) in [5.74, 6) is -1.40. The number of hydrogen-bond acceptors (Lipinski definition) is 2. The van der Waals surface area contributed by atoms with Crippen LogP contribution in [-0.4, -0.2) is 28.5 Å². The highest BCUT2D eigenvalue weighted by atomic mass is 19.1. The molecule has 2 aromatic rings. The van der Waals surface area contributed by atoms with Crippen molar-refractivity contribution in [1.29, 1.82) is 0 Å². The van der Waals surface area contributed by atoms with E-state index < -0.39 is 5.97 Å². The molecule has 0 fully saturated rings. The summed E-state index contributed by atoms with van der Waals surface area (Å²) in [5.41, 5.74) is 0.935. The van der Waals surface area contributed by atoms with Gasteiger partial charge in [-0.3, -0.25) is 9.59 Å². The van der Waals surface area contributed by atoms with E-state index >= 15 is 0 Å². The average molecular weight is 306 g/mol. The summed E-state index contributed by atoms with van der Waals surface area (Å²) in [6, 6.07) is 6.17. The van der Waals surface area contributed by atoms with Gasteiger partial charge < -0.3 is 15.4 Å². The molecular weight excluding hydrogens is 287 g/mol. The monoisotopic (exact) mass is 306 g/mol. The van der Waals surface area contributed by atoms with Gasteiger partial charge in [0.05, 0.1) is 0 Å². The summed E-state index contributed by atoms with van der Waals surface area (Å²) in [5, 5.41) is 11.7. The van der Waals surface area contributed by atoms with Crippen LogP contribution in [0.5, 0.6) is 0 Å². The van der Waals surface area contributed by atoms with E-state index in [1.807, 2.05) is 0 Å². The van der Waals surface area contributed by atoms with Crippen molar-refractivity contribution < 1.29 is 19.1 Å². The first kappa shape index (κ1) is 16.0. The van der Waals surface area contributed by atoms with Gasteiger partial charge in [-0.05, 0) is 31.0 Å². The van der Waals surface area contributed by atoms with Crippen molar-refractivity contribution in [3.63, 3.8) is 0 Å². The van der Waals surface area contributed by atoms with Crippen molar-refractivity contribution in [2.45, 2.75) is 32.1 Å². The van der Waals surface area contributed by atoms with Gasteiger partial charge >= 0.3 is 5.97 Å². The van der Waals surface area contributed by atoms with Crippen LogP contribution in [0, 0.1) is 5.82 Å². The van der Waals surface area contributed by atoms with Crippen LogP contribution in [0.3, 0.4) is 0 Å². The van der Waals surface area contributed by atoms with Crippen LogP contribution in [0.4, 0.5) is 4.39 Å². The number of unbranched alkanes of at least 4 members (excludes halogenated alkanes) is 3. The first-order chi connectivity index (χ1) is 10.6. The molecule has 3 N–H and O–H groups in total. The number of carboxylic acids is 1. The fourth-order valence-electron chi connectivity index (χ4n) is 2.29. The van der Waals surface area contributed by atoms with Crippen LogP contribution in [0.15, 0.2) is 24.3 Å². The number of aromatic nitrogens is 1. The number of fused-ring (bicyclic) bond motifs is 1. The van der Waals surface area contributed by atoms with Crippen molar-refractivity contribution in [2.24, 2.45) is 0 Å². The van der Waals surface area contributed by atoms with Gasteiger partial charge in [-0.1, -0.05) is 18.9 Å². The Kier molecular flexibility index (Phi) is 5.52. The molecule has 22 heavy (non-hydrogen) atoms. The highest BCUT2D eigenvalue weighted by Gasteiger charge is 2.10. The Morgan fingerprint density at radius 1 is 1.18 bits per heavy atom. The van der Waals surface area contributed by atoms with Crippen LogP contribution in [-0.2, 0) is 4.79 Å². The molecule has 0 bridgehead atoms. The lowest BCUT2D eigenvalue weighted by molar-refractivity contribution is -0.137. The maximum absolute atomic E-state index is 13.6. The molecular formula is C16H19FN2O3. The number of benzene rings is 1. The minimum atomic E-state index is -0.778. The summed E-state index contributed by atoms with van der Waals surface area (Å²) in [7, 11) is 0. The quantitative estimate of drug-likeness (QED) is 0.655. The molecule has 6 heteroatoms. The van der Waals surface area contributed by atoms with Crippen molar-refractivity contribution in [3.8, 4) is 0 Å². The van der Waals surface area contributed by atoms with Gasteiger partial charge in [-0.2, -0.15) is 0 Å². The summed E-state index contributed by atoms with van der Waals surface area (Å²) in [6.45, 7) is 0.518. The molecule has 1 aromatic carbocycles. The number of rotatable bonds is 8. The second-order valence-electron chi connectivity index (χ2n) is 5.20. The zero-order chi connectivity index (χ0) is 15.9. The molecule has 1 aromatic heterocycles. The second kappa shape index (κ2) is 7.59. The van der Waals surface area contributed by atoms with Crippen LogP contribution < -0.4 is 5.32 Å². The number of aromatic amines is 1. The Bertz CT molecular complexity index is 666. The SMILES string of the molecule is O=C(O)CCCCCCNC(=O)c1cc2c(F)cccc2[nH]1. The minimum absolute atomic E-state index is 0.187. The van der Waals surface area contributed by atoms with Crippen molar-refractivity contribution >= 4 is 22.8 Å². The van der Waals surface area contributed by atoms with Gasteiger partial charge in [-0.15, -0.1) is 0 Å². The Balaban J connectivity index is 1.75. The number of hydrogen-bond donors (Lipinski definition) is 3. The number of aliphatic carboxylic acids is 1. The van der Waals surface area contributed by atoms with E-state index in [0.717, 1.165) is 19.3 Å². The standard InChI is InChI=1S/C16H19FN2O3/c17-12-6-5-7-13-11(12)10-14(19-13)16(22)18-9-4-2-1-3-8-15(20)21/h5-7,10,19H,1-4,8-9H2,(H,18,22)(H,20,21). The molecule has 0 saturated heterocycles. The van der Waals surface area contributed by atoms with Crippen molar-refractivity contribution in [2.75, 3.05) is 6.54 Å². The Morgan fingerprint density at radius 3 is 2.68 bits per heavy atom. The lowest BCUT2D eigenvalue weighted by Gasteiger charge is -2.03. The lowest BCUT2D eigenvalue weighted by atomic mass is 10.1. The van der Waals surface area contributed by atoms with Gasteiger partial charge in [-0.25, -0.2) is 4.39 Å². The number of carbonyl (C=O) groups excluding carboxylic acids is 1. The molecule has 5 nitrogen and oxygen atoms in total. The number of carbonyl (C=O) groups is 2. The maximum Gasteiger partial charge on any atom is 0.303 e. The van der Waals surface area contributed by atoms with E-state index in [0.29, 0.717) is 29.6 Å². The molecule has 1 heterocycles. The molecule has 118 valence electrons. The van der Waals surface area contributed by atoms with E-state index in [4.69, 9.17) is 5.11 Å². The third-order valence-corrected chi connectivity index (χ3v) is 3.46. The highest BCUT2D eigenvalue weighted by molar-refractivity contribution is 5.98. The van der Waals surface area contributed by atoms with Crippen molar-refractivity contribution in [3.05, 3.63) is 35.8 Å². The number of nitrogens with one attached hydrogen (secondary N) is 2. The van der Waals surface area contributed by atoms with Crippen LogP contribution in [0.2, 0.25) is 0 Å². The van der Waals surface area contributed by atoms with E-state index in [2.05, 4.69) is 10.3 Å². The Hall–Kier alpha value is -2.37. The third-order valence-electron chi connectivity index (χ3n) is 3.46. The van der Waals surface area contributed by atoms with Gasteiger partial charge in [0, 0.05) is 23.9 Å². The zero-order valence-corrected chi connectivity index (χ0v) is 12.2. The largest absolute Gasteiger partial charge is 0.481 e. The number of halogens is 1. The lowest BCUT2D eigenvalue weighted by Crippen LogP contribution is -2.24. The van der Waals surface area contributed by atoms with Gasteiger partial charge in [0.1, 0.15) is 11.5 Å². The van der Waals surface area contributed by atoms with Gasteiger partial charge in [0.25, 0.3) is 5.91 Å². The molecule has 0 radical (unpaired) electrons. The predicted octanol–water partition coefficient (Wildman–Crippen LogP) is 3.07. The first-order valence-electron chi connectivity index (χ1n) is 7.35. The maximum atomic E-state index is 13.6. The Morgan fingerprint density at radius 2 is 1.95 bits per heavy atom. The summed E-state index contributed by atoms with van der Waals surface area (Å²) in [4.78, 5) is 25.2. The molecule has 0 saturated carbocycles. The Labute approximate surface area is 127 Å². The fourth-order valence-corrected chi connectivity index (χ4v) is 2.29. The number of carboxylic acid groups (broad SMARTS) is 1. The minimum Gasteiger partial charge on any atom is -0.481 e. The average Bonchev–Trinajstić information content (AvgIpc) is 2.91. The van der Waals surface area contributed by atoms with E-state index in [-0.39, 0.29) is 18.1 Å². The summed E-state index contributed by atoms with van der Waals surface area (Å²) >= 11 is 0. The number of amides is 1. The fraction of sp³-hybridized carbons (Fsp3) is 0.375. The second-order valence-corrected chi connectivity index (χ2v) is 5.20. The summed E-state index contributed by atoms with van der Waals surface area (Å²) < 4.78 is 13.6. The van der Waals surface area contributed by atoms with E-state index in [1.54, 1.807) is 12.1 Å². The van der Waals surface area contributed by atoms with Crippen LogP contribution >= 0.6 is 0 Å². The van der Waals surface area contributed by atoms with Crippen LogP contribution in [0.25, 0.3) is 10.9 Å². The molecule has 0 atom stereocenters. The topological polar surface area (TPSA) is 82.2 Å². The molecule has 0 aliphatic heterocycles. The van der Waals surface area contributed by atoms with E-state index in [9.17, 15) is 14.0 Å². The van der Waals surface area contributed by atoms with Crippen molar-refractivity contribution in [1.82, 2.24) is 10.3 Å². The molecule has 0 aliphatic rings. The molecule has 1 amide bonds. The smallest absolute Gasteiger partial charge is 0.303 e. The molecule has 0 unspecified atom stereocenters. The van der Waals surface area contributed by atoms with Crippen LogP contribution in [0.1, 0.15) is 42.6 Å². The number of H-pyrrole nitrogens is 1. The molecule has 0 spiro atoms. The predicted molar refractivity (Wildman–Crippen MR) is 81.3 cm³/mol. The van der Waals surface area contributed by atoms with E-state index in [1.165, 1.54) is 12.1 Å². The molecule has 0 aliphatic carbocycles. The highest BCUT2D eigenvalue weighted by Crippen LogP contribution is 2.18. The summed E-state index contributed by atoms with van der Waals surface area (Å²) in [6.07, 6.45) is 3.34. The molecule has 2 rings (SSSR count). The van der Waals surface area contributed by atoms with Gasteiger partial charge in [0.15, 0.2) is 0 Å². The zero-order valence-electron chi connectivity index (χ0n) is 12.2. The normalized spacial score (nSPS) is 10.8. The first-order valence-corrected chi connectivity index (χ1v) is 7.35.